The van der Waals surface area contributed by atoms with Crippen LogP contribution in [-0.4, -0.2) is 18.2 Å². The number of nitrogens with zero attached hydrogens (tertiary/aromatic N) is 1. The first-order valence-electron chi connectivity index (χ1n) is 5.87. The second kappa shape index (κ2) is 6.77. The number of anilines is 1. The normalized spacial score (nSPS) is 10.5. The molecular weight excluding hydrogens is 222 g/mol. The van der Waals surface area contributed by atoms with Gasteiger partial charge in [-0.1, -0.05) is 31.0 Å². The van der Waals surface area contributed by atoms with Gasteiger partial charge in [-0.15, -0.1) is 0 Å². The first kappa shape index (κ1) is 13.3. The molecule has 0 atom stereocenters. The van der Waals surface area contributed by atoms with Crippen LogP contribution < -0.4 is 4.90 Å². The summed E-state index contributed by atoms with van der Waals surface area (Å²) in [7, 11) is 0. The smallest absolute Gasteiger partial charge is 0.0702 e. The van der Waals surface area contributed by atoms with Crippen molar-refractivity contribution in [2.45, 2.75) is 33.3 Å². The van der Waals surface area contributed by atoms with E-state index < -0.39 is 0 Å². The number of hydrogen-bond acceptors (Lipinski definition) is 2. The van der Waals surface area contributed by atoms with Crippen molar-refractivity contribution < 1.29 is 5.11 Å². The van der Waals surface area contributed by atoms with E-state index in [-0.39, 0.29) is 6.61 Å². The highest BCUT2D eigenvalue weighted by atomic mass is 35.5. The van der Waals surface area contributed by atoms with E-state index in [1.54, 1.807) is 0 Å². The topological polar surface area (TPSA) is 23.5 Å². The summed E-state index contributed by atoms with van der Waals surface area (Å²) in [6, 6.07) is 5.66. The van der Waals surface area contributed by atoms with Gasteiger partial charge in [-0.2, -0.15) is 0 Å². The summed E-state index contributed by atoms with van der Waals surface area (Å²) in [6.07, 6.45) is 2.33. The number of aliphatic hydroxyl groups excluding tert-OH is 1. The minimum atomic E-state index is 0.0646. The third-order valence-corrected chi connectivity index (χ3v) is 2.96. The summed E-state index contributed by atoms with van der Waals surface area (Å²) in [4.78, 5) is 2.26. The maximum atomic E-state index is 9.31. The fraction of sp³-hybridized carbons (Fsp3) is 0.538. The van der Waals surface area contributed by atoms with Crippen LogP contribution >= 0.6 is 11.6 Å². The van der Waals surface area contributed by atoms with Crippen molar-refractivity contribution in [3.05, 3.63) is 28.8 Å². The van der Waals surface area contributed by atoms with Gasteiger partial charge in [0, 0.05) is 29.4 Å². The standard InChI is InChI=1S/C13H20ClNO/c1-3-5-8-15(4-2)13-9-12(14)7-6-11(13)10-16/h6-7,9,16H,3-5,8,10H2,1-2H3. The Hall–Kier alpha value is -0.730. The average Bonchev–Trinajstić information content (AvgIpc) is 2.30. The van der Waals surface area contributed by atoms with E-state index in [2.05, 4.69) is 18.7 Å². The molecule has 0 radical (unpaired) electrons. The van der Waals surface area contributed by atoms with Crippen LogP contribution in [0, 0.1) is 0 Å². The van der Waals surface area contributed by atoms with Crippen LogP contribution in [0.2, 0.25) is 5.02 Å². The van der Waals surface area contributed by atoms with Crippen molar-refractivity contribution in [1.82, 2.24) is 0 Å². The third-order valence-electron chi connectivity index (χ3n) is 2.72. The lowest BCUT2D eigenvalue weighted by atomic mass is 10.1. The van der Waals surface area contributed by atoms with Crippen LogP contribution in [-0.2, 0) is 6.61 Å². The SMILES string of the molecule is CCCCN(CC)c1cc(Cl)ccc1CO. The second-order valence-corrected chi connectivity index (χ2v) is 4.30. The quantitative estimate of drug-likeness (QED) is 0.825. The summed E-state index contributed by atoms with van der Waals surface area (Å²) in [5.41, 5.74) is 2.01. The lowest BCUT2D eigenvalue weighted by Gasteiger charge is -2.25. The molecule has 16 heavy (non-hydrogen) atoms. The molecule has 0 aliphatic carbocycles. The van der Waals surface area contributed by atoms with E-state index in [0.29, 0.717) is 0 Å². The van der Waals surface area contributed by atoms with E-state index in [1.165, 1.54) is 6.42 Å². The number of benzene rings is 1. The molecular formula is C13H20ClNO. The van der Waals surface area contributed by atoms with Crippen LogP contribution in [0.25, 0.3) is 0 Å². The van der Waals surface area contributed by atoms with E-state index in [4.69, 9.17) is 11.6 Å². The molecule has 2 nitrogen and oxygen atoms in total. The molecule has 1 rings (SSSR count). The van der Waals surface area contributed by atoms with Crippen LogP contribution in [0.5, 0.6) is 0 Å². The zero-order valence-electron chi connectivity index (χ0n) is 10.0. The molecule has 0 aliphatic heterocycles. The molecule has 0 fully saturated rings. The second-order valence-electron chi connectivity index (χ2n) is 3.86. The molecule has 1 aromatic carbocycles. The van der Waals surface area contributed by atoms with Crippen molar-refractivity contribution in [3.8, 4) is 0 Å². The summed E-state index contributed by atoms with van der Waals surface area (Å²) >= 11 is 6.00. The van der Waals surface area contributed by atoms with E-state index in [9.17, 15) is 5.11 Å². The van der Waals surface area contributed by atoms with Crippen molar-refractivity contribution in [2.75, 3.05) is 18.0 Å². The van der Waals surface area contributed by atoms with Gasteiger partial charge in [0.15, 0.2) is 0 Å². The lowest BCUT2D eigenvalue weighted by Crippen LogP contribution is -2.25. The Kier molecular flexibility index (Phi) is 5.64. The molecule has 0 saturated heterocycles. The van der Waals surface area contributed by atoms with Gasteiger partial charge in [0.05, 0.1) is 6.61 Å². The molecule has 0 unspecified atom stereocenters. The Balaban J connectivity index is 2.92. The van der Waals surface area contributed by atoms with Gasteiger partial charge in [0.25, 0.3) is 0 Å². The van der Waals surface area contributed by atoms with Crippen LogP contribution in [0.1, 0.15) is 32.3 Å². The Morgan fingerprint density at radius 2 is 2.06 bits per heavy atom. The van der Waals surface area contributed by atoms with Crippen LogP contribution in [0.3, 0.4) is 0 Å². The molecule has 0 aliphatic rings. The monoisotopic (exact) mass is 241 g/mol. The first-order chi connectivity index (χ1) is 7.72. The van der Waals surface area contributed by atoms with E-state index in [0.717, 1.165) is 35.8 Å². The van der Waals surface area contributed by atoms with Gasteiger partial charge in [-0.25, -0.2) is 0 Å². The number of unbranched alkanes of at least 4 members (excludes halogenated alkanes) is 1. The van der Waals surface area contributed by atoms with Crippen molar-refractivity contribution >= 4 is 17.3 Å². The number of halogens is 1. The maximum Gasteiger partial charge on any atom is 0.0702 e. The number of aliphatic hydroxyl groups is 1. The van der Waals surface area contributed by atoms with Crippen molar-refractivity contribution in [1.29, 1.82) is 0 Å². The van der Waals surface area contributed by atoms with E-state index in [1.807, 2.05) is 18.2 Å². The molecule has 0 heterocycles. The Labute approximate surface area is 103 Å². The zero-order valence-corrected chi connectivity index (χ0v) is 10.8. The molecule has 0 saturated carbocycles. The Morgan fingerprint density at radius 3 is 2.62 bits per heavy atom. The zero-order chi connectivity index (χ0) is 12.0. The first-order valence-corrected chi connectivity index (χ1v) is 6.25. The number of rotatable bonds is 6. The fourth-order valence-corrected chi connectivity index (χ4v) is 1.93. The molecule has 0 spiro atoms. The van der Waals surface area contributed by atoms with Crippen molar-refractivity contribution in [2.24, 2.45) is 0 Å². The Morgan fingerprint density at radius 1 is 1.31 bits per heavy atom. The summed E-state index contributed by atoms with van der Waals surface area (Å²) < 4.78 is 0. The number of hydrogen-bond donors (Lipinski definition) is 1. The van der Waals surface area contributed by atoms with Gasteiger partial charge in [-0.3, -0.25) is 0 Å². The van der Waals surface area contributed by atoms with Gasteiger partial charge in [0.2, 0.25) is 0 Å². The summed E-state index contributed by atoms with van der Waals surface area (Å²) in [5, 5.41) is 10.0. The predicted octanol–water partition coefficient (Wildman–Crippen LogP) is 3.46. The minimum absolute atomic E-state index is 0.0646. The Bertz CT molecular complexity index is 328. The highest BCUT2D eigenvalue weighted by Gasteiger charge is 2.09. The minimum Gasteiger partial charge on any atom is -0.392 e. The maximum absolute atomic E-state index is 9.31. The largest absolute Gasteiger partial charge is 0.392 e. The van der Waals surface area contributed by atoms with Gasteiger partial charge in [0.1, 0.15) is 0 Å². The molecule has 90 valence electrons. The van der Waals surface area contributed by atoms with E-state index >= 15 is 0 Å². The predicted molar refractivity (Wildman–Crippen MR) is 70.2 cm³/mol. The third kappa shape index (κ3) is 3.39. The van der Waals surface area contributed by atoms with Gasteiger partial charge < -0.3 is 10.0 Å². The highest BCUT2D eigenvalue weighted by Crippen LogP contribution is 2.25. The molecule has 0 amide bonds. The van der Waals surface area contributed by atoms with Gasteiger partial charge in [-0.05, 0) is 25.5 Å². The molecule has 1 aromatic rings. The average molecular weight is 242 g/mol. The molecule has 1 N–H and O–H groups in total. The van der Waals surface area contributed by atoms with Gasteiger partial charge >= 0.3 is 0 Å². The molecule has 3 heteroatoms. The van der Waals surface area contributed by atoms with Crippen LogP contribution in [0.4, 0.5) is 5.69 Å². The fourth-order valence-electron chi connectivity index (χ4n) is 1.76. The highest BCUT2D eigenvalue weighted by molar-refractivity contribution is 6.30. The van der Waals surface area contributed by atoms with Crippen LogP contribution in [0.15, 0.2) is 18.2 Å². The summed E-state index contributed by atoms with van der Waals surface area (Å²) in [6.45, 7) is 6.32. The lowest BCUT2D eigenvalue weighted by molar-refractivity contribution is 0.282. The molecule has 0 aromatic heterocycles. The summed E-state index contributed by atoms with van der Waals surface area (Å²) in [5.74, 6) is 0. The van der Waals surface area contributed by atoms with Crippen molar-refractivity contribution in [3.63, 3.8) is 0 Å². The molecule has 0 bridgehead atoms.